The number of rotatable bonds is 7. The molecule has 0 aliphatic carbocycles. The Labute approximate surface area is 319 Å². The molecule has 4 heteroatoms. The van der Waals surface area contributed by atoms with E-state index in [2.05, 4.69) is 121 Å². The minimum absolute atomic E-state index is 0.588. The van der Waals surface area contributed by atoms with Crippen molar-refractivity contribution in [1.29, 1.82) is 0 Å². The fourth-order valence-electron chi connectivity index (χ4n) is 7.39. The maximum absolute atomic E-state index is 6.58. The molecule has 0 fully saturated rings. The predicted molar refractivity (Wildman–Crippen MR) is 225 cm³/mol. The van der Waals surface area contributed by atoms with E-state index in [0.717, 1.165) is 60.9 Å². The molecule has 0 spiro atoms. The molecule has 0 bridgehead atoms. The number of furan rings is 1. The van der Waals surface area contributed by atoms with Gasteiger partial charge < -0.3 is 4.42 Å². The first-order chi connectivity index (χ1) is 27.2. The van der Waals surface area contributed by atoms with Gasteiger partial charge in [-0.3, -0.25) is 0 Å². The number of hydrogen-bond acceptors (Lipinski definition) is 4. The van der Waals surface area contributed by atoms with Crippen LogP contribution < -0.4 is 0 Å². The van der Waals surface area contributed by atoms with Crippen molar-refractivity contribution in [3.63, 3.8) is 0 Å². The second-order valence-corrected chi connectivity index (χ2v) is 13.6. The van der Waals surface area contributed by atoms with Gasteiger partial charge in [-0.25, -0.2) is 15.0 Å². The maximum Gasteiger partial charge on any atom is 0.164 e. The Bertz CT molecular complexity index is 2840. The molecule has 8 aromatic carbocycles. The van der Waals surface area contributed by atoms with E-state index < -0.39 is 0 Å². The maximum atomic E-state index is 6.58. The molecule has 258 valence electrons. The van der Waals surface area contributed by atoms with E-state index in [9.17, 15) is 0 Å². The fourth-order valence-corrected chi connectivity index (χ4v) is 7.39. The van der Waals surface area contributed by atoms with Crippen LogP contribution >= 0.6 is 0 Å². The standard InChI is InChI=1S/C51H33N3O/c1-5-16-34(17-6-1)40-29-41(35-18-7-2-8-19-35)31-42(30-40)38-24-15-25-39(28-38)43-32-45(48-44-26-13-14-27-46(44)55-47(48)33-43)51-53-49(36-20-9-3-10-21-36)52-50(54-51)37-22-11-4-12-23-37/h1-33H. The summed E-state index contributed by atoms with van der Waals surface area (Å²) in [5, 5.41) is 1.99. The van der Waals surface area contributed by atoms with Gasteiger partial charge in [0.25, 0.3) is 0 Å². The molecular weight excluding hydrogens is 671 g/mol. The van der Waals surface area contributed by atoms with Crippen molar-refractivity contribution in [3.05, 3.63) is 200 Å². The zero-order valence-electron chi connectivity index (χ0n) is 29.8. The average molecular weight is 704 g/mol. The first-order valence-electron chi connectivity index (χ1n) is 18.4. The minimum atomic E-state index is 0.588. The van der Waals surface area contributed by atoms with E-state index in [1.54, 1.807) is 0 Å². The number of hydrogen-bond donors (Lipinski definition) is 0. The molecule has 0 saturated carbocycles. The van der Waals surface area contributed by atoms with Crippen LogP contribution in [0.1, 0.15) is 0 Å². The van der Waals surface area contributed by atoms with Gasteiger partial charge in [-0.05, 0) is 87.0 Å². The van der Waals surface area contributed by atoms with Crippen LogP contribution in [0.15, 0.2) is 205 Å². The first kappa shape index (κ1) is 32.2. The van der Waals surface area contributed by atoms with Crippen LogP contribution in [-0.4, -0.2) is 15.0 Å². The van der Waals surface area contributed by atoms with Crippen LogP contribution in [0.5, 0.6) is 0 Å². The number of fused-ring (bicyclic) bond motifs is 3. The lowest BCUT2D eigenvalue weighted by molar-refractivity contribution is 0.669. The Morgan fingerprint density at radius 1 is 0.273 bits per heavy atom. The predicted octanol–water partition coefficient (Wildman–Crippen LogP) is 13.4. The highest BCUT2D eigenvalue weighted by Crippen LogP contribution is 2.41. The van der Waals surface area contributed by atoms with E-state index in [4.69, 9.17) is 19.4 Å². The Morgan fingerprint density at radius 3 is 1.22 bits per heavy atom. The third-order valence-corrected chi connectivity index (χ3v) is 10.1. The summed E-state index contributed by atoms with van der Waals surface area (Å²) in [5.41, 5.74) is 13.4. The summed E-state index contributed by atoms with van der Waals surface area (Å²) in [4.78, 5) is 15.3. The summed E-state index contributed by atoms with van der Waals surface area (Å²) >= 11 is 0. The Hall–Kier alpha value is -7.43. The molecule has 0 saturated heterocycles. The third kappa shape index (κ3) is 6.26. The van der Waals surface area contributed by atoms with Crippen molar-refractivity contribution in [2.24, 2.45) is 0 Å². The summed E-state index contributed by atoms with van der Waals surface area (Å²) < 4.78 is 6.58. The molecule has 0 amide bonds. The molecule has 0 atom stereocenters. The summed E-state index contributed by atoms with van der Waals surface area (Å²) in [5.74, 6) is 1.82. The molecular formula is C51H33N3O. The largest absolute Gasteiger partial charge is 0.456 e. The van der Waals surface area contributed by atoms with Crippen LogP contribution in [0.25, 0.3) is 101 Å². The van der Waals surface area contributed by atoms with Crippen molar-refractivity contribution in [3.8, 4) is 78.7 Å². The second kappa shape index (κ2) is 13.8. The van der Waals surface area contributed by atoms with Crippen LogP contribution in [0.2, 0.25) is 0 Å². The molecule has 4 nitrogen and oxygen atoms in total. The fraction of sp³-hybridized carbons (Fsp3) is 0. The van der Waals surface area contributed by atoms with Gasteiger partial charge in [-0.15, -0.1) is 0 Å². The molecule has 0 unspecified atom stereocenters. The van der Waals surface area contributed by atoms with Crippen LogP contribution in [0.3, 0.4) is 0 Å². The topological polar surface area (TPSA) is 51.8 Å². The van der Waals surface area contributed by atoms with Crippen molar-refractivity contribution < 1.29 is 4.42 Å². The van der Waals surface area contributed by atoms with E-state index in [-0.39, 0.29) is 0 Å². The smallest absolute Gasteiger partial charge is 0.164 e. The van der Waals surface area contributed by atoms with Gasteiger partial charge in [0.15, 0.2) is 17.5 Å². The molecule has 0 aliphatic rings. The number of aromatic nitrogens is 3. The SMILES string of the molecule is c1ccc(-c2cc(-c3ccccc3)cc(-c3cccc(-c4cc(-c5nc(-c6ccccc6)nc(-c6ccccc6)n5)c5c(c4)oc4ccccc45)c3)c2)cc1. The zero-order chi connectivity index (χ0) is 36.6. The number of nitrogens with zero attached hydrogens (tertiary/aromatic N) is 3. The van der Waals surface area contributed by atoms with Crippen LogP contribution in [-0.2, 0) is 0 Å². The van der Waals surface area contributed by atoms with E-state index in [1.165, 1.54) is 22.3 Å². The lowest BCUT2D eigenvalue weighted by Crippen LogP contribution is -2.00. The molecule has 10 aromatic rings. The Kier molecular flexibility index (Phi) is 8.12. The summed E-state index contributed by atoms with van der Waals surface area (Å²) in [6, 6.07) is 69.5. The van der Waals surface area contributed by atoms with E-state index >= 15 is 0 Å². The van der Waals surface area contributed by atoms with Gasteiger partial charge in [0.2, 0.25) is 0 Å². The Balaban J connectivity index is 1.17. The molecule has 2 heterocycles. The number of benzene rings is 8. The highest BCUT2D eigenvalue weighted by Gasteiger charge is 2.20. The van der Waals surface area contributed by atoms with E-state index in [1.807, 2.05) is 78.9 Å². The zero-order valence-corrected chi connectivity index (χ0v) is 29.8. The van der Waals surface area contributed by atoms with Gasteiger partial charge in [0.1, 0.15) is 11.2 Å². The first-order valence-corrected chi connectivity index (χ1v) is 18.4. The average Bonchev–Trinajstić information content (AvgIpc) is 3.66. The highest BCUT2D eigenvalue weighted by molar-refractivity contribution is 6.13. The molecule has 55 heavy (non-hydrogen) atoms. The van der Waals surface area contributed by atoms with Crippen LogP contribution in [0.4, 0.5) is 0 Å². The van der Waals surface area contributed by atoms with Gasteiger partial charge in [0.05, 0.1) is 0 Å². The second-order valence-electron chi connectivity index (χ2n) is 13.6. The van der Waals surface area contributed by atoms with Crippen LogP contribution in [0, 0.1) is 0 Å². The summed E-state index contributed by atoms with van der Waals surface area (Å²) in [7, 11) is 0. The molecule has 10 rings (SSSR count). The monoisotopic (exact) mass is 703 g/mol. The molecule has 0 N–H and O–H groups in total. The van der Waals surface area contributed by atoms with Crippen molar-refractivity contribution in [2.75, 3.05) is 0 Å². The lowest BCUT2D eigenvalue weighted by Gasteiger charge is -2.13. The molecule has 0 aliphatic heterocycles. The van der Waals surface area contributed by atoms with Crippen molar-refractivity contribution in [2.45, 2.75) is 0 Å². The van der Waals surface area contributed by atoms with Gasteiger partial charge >= 0.3 is 0 Å². The van der Waals surface area contributed by atoms with Gasteiger partial charge in [-0.1, -0.05) is 158 Å². The highest BCUT2D eigenvalue weighted by atomic mass is 16.3. The summed E-state index contributed by atoms with van der Waals surface area (Å²) in [6.07, 6.45) is 0. The van der Waals surface area contributed by atoms with Gasteiger partial charge in [0, 0.05) is 27.5 Å². The Morgan fingerprint density at radius 2 is 0.673 bits per heavy atom. The normalized spacial score (nSPS) is 11.3. The number of para-hydroxylation sites is 1. The van der Waals surface area contributed by atoms with Crippen molar-refractivity contribution in [1.82, 2.24) is 15.0 Å². The van der Waals surface area contributed by atoms with Crippen molar-refractivity contribution >= 4 is 21.9 Å². The van der Waals surface area contributed by atoms with Gasteiger partial charge in [-0.2, -0.15) is 0 Å². The third-order valence-electron chi connectivity index (χ3n) is 10.1. The van der Waals surface area contributed by atoms with E-state index in [0.29, 0.717) is 17.5 Å². The molecule has 2 aromatic heterocycles. The molecule has 0 radical (unpaired) electrons. The minimum Gasteiger partial charge on any atom is -0.456 e. The lowest BCUT2D eigenvalue weighted by atomic mass is 9.91. The summed E-state index contributed by atoms with van der Waals surface area (Å²) in [6.45, 7) is 0. The quantitative estimate of drug-likeness (QED) is 0.166.